The Labute approximate surface area is 122 Å². The van der Waals surface area contributed by atoms with Crippen molar-refractivity contribution in [3.8, 4) is 0 Å². The van der Waals surface area contributed by atoms with Gasteiger partial charge in [-0.3, -0.25) is 0 Å². The van der Waals surface area contributed by atoms with Crippen molar-refractivity contribution in [2.24, 2.45) is 0 Å². The molecular weight excluding hydrogens is 368 g/mol. The highest BCUT2D eigenvalue weighted by Crippen LogP contribution is 2.38. The third-order valence-electron chi connectivity index (χ3n) is 2.87. The van der Waals surface area contributed by atoms with E-state index in [9.17, 15) is 0 Å². The van der Waals surface area contributed by atoms with Crippen molar-refractivity contribution >= 4 is 31.9 Å². The van der Waals surface area contributed by atoms with E-state index in [2.05, 4.69) is 31.9 Å². The molecule has 18 heavy (non-hydrogen) atoms. The molecule has 0 spiro atoms. The van der Waals surface area contributed by atoms with Gasteiger partial charge in [-0.15, -0.1) is 0 Å². The van der Waals surface area contributed by atoms with Crippen molar-refractivity contribution < 1.29 is 18.9 Å². The summed E-state index contributed by atoms with van der Waals surface area (Å²) in [5, 5.41) is 0. The number of benzene rings is 1. The molecule has 2 heterocycles. The van der Waals surface area contributed by atoms with Crippen LogP contribution in [0.15, 0.2) is 21.1 Å². The van der Waals surface area contributed by atoms with Crippen LogP contribution >= 0.6 is 31.9 Å². The van der Waals surface area contributed by atoms with Crippen LogP contribution in [-0.4, -0.2) is 26.4 Å². The van der Waals surface area contributed by atoms with Gasteiger partial charge in [-0.05, 0) is 12.1 Å². The Morgan fingerprint density at radius 3 is 1.39 bits per heavy atom. The fourth-order valence-electron chi connectivity index (χ4n) is 2.01. The molecule has 0 amide bonds. The lowest BCUT2D eigenvalue weighted by atomic mass is 10.1. The van der Waals surface area contributed by atoms with E-state index in [1.54, 1.807) is 0 Å². The quantitative estimate of drug-likeness (QED) is 0.789. The molecule has 0 N–H and O–H groups in total. The lowest BCUT2D eigenvalue weighted by Crippen LogP contribution is -2.04. The Morgan fingerprint density at radius 1 is 0.722 bits per heavy atom. The van der Waals surface area contributed by atoms with Crippen molar-refractivity contribution in [2.45, 2.75) is 12.6 Å². The molecule has 0 aliphatic carbocycles. The van der Waals surface area contributed by atoms with Crippen LogP contribution in [-0.2, 0) is 18.9 Å². The fraction of sp³-hybridized carbons (Fsp3) is 0.500. The van der Waals surface area contributed by atoms with Crippen LogP contribution in [0, 0.1) is 0 Å². The Kier molecular flexibility index (Phi) is 4.03. The molecule has 0 unspecified atom stereocenters. The molecule has 0 saturated carbocycles. The normalized spacial score (nSPS) is 21.9. The van der Waals surface area contributed by atoms with Crippen LogP contribution in [0.4, 0.5) is 0 Å². The molecule has 98 valence electrons. The summed E-state index contributed by atoms with van der Waals surface area (Å²) in [6.45, 7) is 2.52. The first-order valence-corrected chi connectivity index (χ1v) is 7.29. The van der Waals surface area contributed by atoms with E-state index in [1.165, 1.54) is 0 Å². The zero-order chi connectivity index (χ0) is 12.5. The van der Waals surface area contributed by atoms with Gasteiger partial charge in [-0.2, -0.15) is 0 Å². The molecule has 0 aromatic heterocycles. The second kappa shape index (κ2) is 5.56. The summed E-state index contributed by atoms with van der Waals surface area (Å²) >= 11 is 7.09. The Morgan fingerprint density at radius 2 is 1.06 bits per heavy atom. The molecule has 3 rings (SSSR count). The molecular formula is C12H12Br2O4. The minimum Gasteiger partial charge on any atom is -0.346 e. The second-order valence-corrected chi connectivity index (χ2v) is 5.75. The maximum absolute atomic E-state index is 5.50. The smallest absolute Gasteiger partial charge is 0.185 e. The van der Waals surface area contributed by atoms with Gasteiger partial charge in [0.15, 0.2) is 12.6 Å². The largest absolute Gasteiger partial charge is 0.346 e. The lowest BCUT2D eigenvalue weighted by Gasteiger charge is -2.17. The van der Waals surface area contributed by atoms with E-state index in [0.717, 1.165) is 20.1 Å². The topological polar surface area (TPSA) is 36.9 Å². The average Bonchev–Trinajstić information content (AvgIpc) is 3.02. The van der Waals surface area contributed by atoms with Gasteiger partial charge in [0.1, 0.15) is 0 Å². The summed E-state index contributed by atoms with van der Waals surface area (Å²) in [6, 6.07) is 3.97. The van der Waals surface area contributed by atoms with E-state index < -0.39 is 0 Å². The van der Waals surface area contributed by atoms with Crippen LogP contribution in [0.1, 0.15) is 23.7 Å². The zero-order valence-corrected chi connectivity index (χ0v) is 12.7. The van der Waals surface area contributed by atoms with Gasteiger partial charge in [-0.25, -0.2) is 0 Å². The molecule has 1 aromatic rings. The van der Waals surface area contributed by atoms with Gasteiger partial charge >= 0.3 is 0 Å². The van der Waals surface area contributed by atoms with Crippen molar-refractivity contribution in [3.05, 3.63) is 32.2 Å². The van der Waals surface area contributed by atoms with Crippen LogP contribution in [0.25, 0.3) is 0 Å². The number of hydrogen-bond donors (Lipinski definition) is 0. The van der Waals surface area contributed by atoms with E-state index in [1.807, 2.05) is 12.1 Å². The van der Waals surface area contributed by atoms with Crippen LogP contribution in [0.3, 0.4) is 0 Å². The van der Waals surface area contributed by atoms with E-state index >= 15 is 0 Å². The highest BCUT2D eigenvalue weighted by molar-refractivity contribution is 9.11. The average molecular weight is 380 g/mol. The molecule has 0 bridgehead atoms. The molecule has 0 radical (unpaired) electrons. The van der Waals surface area contributed by atoms with E-state index in [4.69, 9.17) is 18.9 Å². The molecule has 1 aromatic carbocycles. The van der Waals surface area contributed by atoms with Crippen molar-refractivity contribution in [1.82, 2.24) is 0 Å². The standard InChI is InChI=1S/C12H12Br2O4/c13-9-6-8(12-17-3-4-18-12)10(14)5-7(9)11-15-1-2-16-11/h5-6,11-12H,1-4H2. The lowest BCUT2D eigenvalue weighted by molar-refractivity contribution is -0.0477. The SMILES string of the molecule is Brc1cc(C2OCCO2)c(Br)cc1C1OCCO1. The van der Waals surface area contributed by atoms with Crippen LogP contribution in [0.2, 0.25) is 0 Å². The Bertz CT molecular complexity index is 398. The van der Waals surface area contributed by atoms with Crippen LogP contribution < -0.4 is 0 Å². The monoisotopic (exact) mass is 378 g/mol. The summed E-state index contributed by atoms with van der Waals surface area (Å²) in [4.78, 5) is 0. The second-order valence-electron chi connectivity index (χ2n) is 4.04. The molecule has 2 aliphatic heterocycles. The number of halogens is 2. The zero-order valence-electron chi connectivity index (χ0n) is 9.53. The molecule has 2 saturated heterocycles. The first-order valence-electron chi connectivity index (χ1n) is 5.71. The van der Waals surface area contributed by atoms with Gasteiger partial charge in [0, 0.05) is 20.1 Å². The van der Waals surface area contributed by atoms with Gasteiger partial charge in [0.25, 0.3) is 0 Å². The number of rotatable bonds is 2. The summed E-state index contributed by atoms with van der Waals surface area (Å²) < 4.78 is 23.9. The summed E-state index contributed by atoms with van der Waals surface area (Å²) in [6.07, 6.45) is -0.592. The molecule has 2 aliphatic rings. The molecule has 0 atom stereocenters. The van der Waals surface area contributed by atoms with Gasteiger partial charge in [0.05, 0.1) is 26.4 Å². The van der Waals surface area contributed by atoms with Crippen molar-refractivity contribution in [1.29, 1.82) is 0 Å². The third-order valence-corrected chi connectivity index (χ3v) is 4.24. The summed E-state index contributed by atoms with van der Waals surface area (Å²) in [5.41, 5.74) is 1.95. The van der Waals surface area contributed by atoms with Gasteiger partial charge in [0.2, 0.25) is 0 Å². The van der Waals surface area contributed by atoms with Crippen molar-refractivity contribution in [3.63, 3.8) is 0 Å². The minimum atomic E-state index is -0.296. The predicted molar refractivity (Wildman–Crippen MR) is 71.1 cm³/mol. The maximum Gasteiger partial charge on any atom is 0.185 e. The number of hydrogen-bond acceptors (Lipinski definition) is 4. The third kappa shape index (κ3) is 2.50. The first kappa shape index (κ1) is 13.0. The highest BCUT2D eigenvalue weighted by atomic mass is 79.9. The van der Waals surface area contributed by atoms with E-state index in [0.29, 0.717) is 26.4 Å². The van der Waals surface area contributed by atoms with Gasteiger partial charge < -0.3 is 18.9 Å². The molecule has 4 nitrogen and oxygen atoms in total. The summed E-state index contributed by atoms with van der Waals surface area (Å²) in [7, 11) is 0. The van der Waals surface area contributed by atoms with E-state index in [-0.39, 0.29) is 12.6 Å². The molecule has 6 heteroatoms. The number of ether oxygens (including phenoxy) is 4. The summed E-state index contributed by atoms with van der Waals surface area (Å²) in [5.74, 6) is 0. The highest BCUT2D eigenvalue weighted by Gasteiger charge is 2.26. The van der Waals surface area contributed by atoms with Crippen molar-refractivity contribution in [2.75, 3.05) is 26.4 Å². The Balaban J connectivity index is 1.91. The van der Waals surface area contributed by atoms with Crippen LogP contribution in [0.5, 0.6) is 0 Å². The Hall–Kier alpha value is 0.0200. The van der Waals surface area contributed by atoms with Gasteiger partial charge in [-0.1, -0.05) is 31.9 Å². The first-order chi connectivity index (χ1) is 8.75. The predicted octanol–water partition coefficient (Wildman–Crippen LogP) is 3.30. The minimum absolute atomic E-state index is 0.296. The maximum atomic E-state index is 5.50. The molecule has 2 fully saturated rings. The fourth-order valence-corrected chi connectivity index (χ4v) is 3.11.